The predicted octanol–water partition coefficient (Wildman–Crippen LogP) is 4.59. The van der Waals surface area contributed by atoms with Crippen LogP contribution in [-0.4, -0.2) is 15.7 Å². The minimum absolute atomic E-state index is 0.129. The number of nitrogens with one attached hydrogen (secondary N) is 1. The Morgan fingerprint density at radius 1 is 1.15 bits per heavy atom. The fourth-order valence-corrected chi connectivity index (χ4v) is 4.04. The van der Waals surface area contributed by atoms with E-state index >= 15 is 0 Å². The van der Waals surface area contributed by atoms with Gasteiger partial charge in [0.25, 0.3) is 0 Å². The lowest BCUT2D eigenvalue weighted by Crippen LogP contribution is -2.18. The fourth-order valence-electron chi connectivity index (χ4n) is 2.87. The van der Waals surface area contributed by atoms with Gasteiger partial charge in [-0.05, 0) is 42.0 Å². The number of hydrogen-bond donors (Lipinski definition) is 1. The number of hydrogen-bond acceptors (Lipinski definition) is 3. The Bertz CT molecular complexity index is 954. The Hall–Kier alpha value is -2.31. The van der Waals surface area contributed by atoms with Gasteiger partial charge in [0, 0.05) is 22.1 Å². The molecule has 0 saturated carbocycles. The molecule has 0 saturated heterocycles. The molecule has 1 N–H and O–H groups in total. The van der Waals surface area contributed by atoms with Crippen LogP contribution in [0, 0.1) is 5.82 Å². The van der Waals surface area contributed by atoms with Crippen molar-refractivity contribution in [3.63, 3.8) is 0 Å². The van der Waals surface area contributed by atoms with Crippen molar-refractivity contribution in [1.82, 2.24) is 9.78 Å². The van der Waals surface area contributed by atoms with Crippen LogP contribution in [0.5, 0.6) is 0 Å². The monoisotopic (exact) mass is 387 g/mol. The van der Waals surface area contributed by atoms with E-state index in [1.807, 2.05) is 12.1 Å². The zero-order valence-electron chi connectivity index (χ0n) is 13.7. The third kappa shape index (κ3) is 3.48. The highest BCUT2D eigenvalue weighted by molar-refractivity contribution is 7.98. The maximum Gasteiger partial charge on any atom is 0.229 e. The Balaban J connectivity index is 1.61. The van der Waals surface area contributed by atoms with Crippen LogP contribution in [0.2, 0.25) is 5.02 Å². The molecule has 4 nitrogen and oxygen atoms in total. The molecule has 2 heterocycles. The Labute approximate surface area is 159 Å². The number of carbonyl (C=O) groups is 1. The highest BCUT2D eigenvalue weighted by Crippen LogP contribution is 2.36. The number of carbonyl (C=O) groups excluding carboxylic acids is 1. The van der Waals surface area contributed by atoms with Crippen LogP contribution in [-0.2, 0) is 22.7 Å². The van der Waals surface area contributed by atoms with Gasteiger partial charge in [0.2, 0.25) is 5.91 Å². The van der Waals surface area contributed by atoms with E-state index in [0.717, 1.165) is 28.3 Å². The van der Waals surface area contributed by atoms with E-state index in [0.29, 0.717) is 16.5 Å². The topological polar surface area (TPSA) is 46.9 Å². The van der Waals surface area contributed by atoms with E-state index < -0.39 is 0 Å². The van der Waals surface area contributed by atoms with Crippen molar-refractivity contribution in [1.29, 1.82) is 0 Å². The lowest BCUT2D eigenvalue weighted by atomic mass is 10.1. The molecule has 0 aliphatic carbocycles. The number of halogens is 2. The molecule has 1 aliphatic heterocycles. The minimum atomic E-state index is -0.308. The first kappa shape index (κ1) is 17.1. The SMILES string of the molecule is O=C(Cc1ccc(Cl)cc1)Nc1c2c(nn1-c1ccc(F)cc1)CSC2. The van der Waals surface area contributed by atoms with Crippen LogP contribution in [0.4, 0.5) is 10.2 Å². The van der Waals surface area contributed by atoms with Crippen molar-refractivity contribution >= 4 is 35.1 Å². The molecule has 0 unspecified atom stereocenters. The van der Waals surface area contributed by atoms with Crippen molar-refractivity contribution in [2.45, 2.75) is 17.9 Å². The van der Waals surface area contributed by atoms with Crippen LogP contribution in [0.3, 0.4) is 0 Å². The largest absolute Gasteiger partial charge is 0.310 e. The third-order valence-corrected chi connectivity index (χ3v) is 5.38. The molecular formula is C19H15ClFN3OS. The van der Waals surface area contributed by atoms with Crippen molar-refractivity contribution in [2.24, 2.45) is 0 Å². The molecule has 3 aromatic rings. The number of rotatable bonds is 4. The van der Waals surface area contributed by atoms with Gasteiger partial charge in [0.1, 0.15) is 11.6 Å². The number of benzene rings is 2. The van der Waals surface area contributed by atoms with Crippen molar-refractivity contribution in [3.05, 3.63) is 76.2 Å². The van der Waals surface area contributed by atoms with Gasteiger partial charge in [-0.25, -0.2) is 9.07 Å². The number of thioether (sulfide) groups is 1. The summed E-state index contributed by atoms with van der Waals surface area (Å²) in [7, 11) is 0. The van der Waals surface area contributed by atoms with Crippen molar-refractivity contribution in [3.8, 4) is 5.69 Å². The second kappa shape index (κ2) is 7.13. The summed E-state index contributed by atoms with van der Waals surface area (Å²) in [5.41, 5.74) is 3.59. The number of fused-ring (bicyclic) bond motifs is 1. The van der Waals surface area contributed by atoms with E-state index in [-0.39, 0.29) is 18.1 Å². The molecule has 0 atom stereocenters. The highest BCUT2D eigenvalue weighted by Gasteiger charge is 2.24. The smallest absolute Gasteiger partial charge is 0.229 e. The van der Waals surface area contributed by atoms with Crippen LogP contribution in [0.25, 0.3) is 5.69 Å². The van der Waals surface area contributed by atoms with Gasteiger partial charge in [-0.15, -0.1) is 0 Å². The molecule has 0 spiro atoms. The Morgan fingerprint density at radius 2 is 1.88 bits per heavy atom. The highest BCUT2D eigenvalue weighted by atomic mass is 35.5. The summed E-state index contributed by atoms with van der Waals surface area (Å²) in [5, 5.41) is 8.23. The van der Waals surface area contributed by atoms with Crippen molar-refractivity contribution in [2.75, 3.05) is 5.32 Å². The van der Waals surface area contributed by atoms with Crippen LogP contribution in [0.1, 0.15) is 16.8 Å². The zero-order chi connectivity index (χ0) is 18.1. The molecule has 26 heavy (non-hydrogen) atoms. The van der Waals surface area contributed by atoms with Crippen LogP contribution in [0.15, 0.2) is 48.5 Å². The summed E-state index contributed by atoms with van der Waals surface area (Å²) in [4.78, 5) is 12.6. The summed E-state index contributed by atoms with van der Waals surface area (Å²) in [6, 6.07) is 13.3. The van der Waals surface area contributed by atoms with Gasteiger partial charge < -0.3 is 5.32 Å². The molecule has 1 aromatic heterocycles. The zero-order valence-corrected chi connectivity index (χ0v) is 15.3. The fraction of sp³-hybridized carbons (Fsp3) is 0.158. The van der Waals surface area contributed by atoms with E-state index in [1.54, 1.807) is 40.7 Å². The maximum atomic E-state index is 13.2. The molecule has 132 valence electrons. The molecule has 0 bridgehead atoms. The first-order valence-electron chi connectivity index (χ1n) is 8.09. The second-order valence-electron chi connectivity index (χ2n) is 6.01. The average molecular weight is 388 g/mol. The molecule has 1 aliphatic rings. The maximum absolute atomic E-state index is 13.2. The molecule has 7 heteroatoms. The molecule has 0 radical (unpaired) electrons. The average Bonchev–Trinajstić information content (AvgIpc) is 3.21. The predicted molar refractivity (Wildman–Crippen MR) is 102 cm³/mol. The molecule has 2 aromatic carbocycles. The van der Waals surface area contributed by atoms with Gasteiger partial charge in [0.05, 0.1) is 17.8 Å². The molecule has 1 amide bonds. The Kier molecular flexibility index (Phi) is 4.70. The first-order valence-corrected chi connectivity index (χ1v) is 9.62. The van der Waals surface area contributed by atoms with E-state index in [9.17, 15) is 9.18 Å². The van der Waals surface area contributed by atoms with Crippen molar-refractivity contribution < 1.29 is 9.18 Å². The molecule has 0 fully saturated rings. The van der Waals surface area contributed by atoms with Gasteiger partial charge in [-0.2, -0.15) is 16.9 Å². The lowest BCUT2D eigenvalue weighted by molar-refractivity contribution is -0.115. The normalized spacial score (nSPS) is 12.8. The second-order valence-corrected chi connectivity index (χ2v) is 7.43. The van der Waals surface area contributed by atoms with E-state index in [4.69, 9.17) is 11.6 Å². The summed E-state index contributed by atoms with van der Waals surface area (Å²) < 4.78 is 14.9. The quantitative estimate of drug-likeness (QED) is 0.712. The number of nitrogens with zero attached hydrogens (tertiary/aromatic N) is 2. The molecule has 4 rings (SSSR count). The summed E-state index contributed by atoms with van der Waals surface area (Å²) in [6.07, 6.45) is 0.244. The van der Waals surface area contributed by atoms with Crippen LogP contribution >= 0.6 is 23.4 Å². The number of amides is 1. The molecular weight excluding hydrogens is 373 g/mol. The van der Waals surface area contributed by atoms with E-state index in [2.05, 4.69) is 10.4 Å². The minimum Gasteiger partial charge on any atom is -0.310 e. The summed E-state index contributed by atoms with van der Waals surface area (Å²) in [5.74, 6) is 1.83. The Morgan fingerprint density at radius 3 is 2.62 bits per heavy atom. The lowest BCUT2D eigenvalue weighted by Gasteiger charge is -2.11. The number of anilines is 1. The third-order valence-electron chi connectivity index (χ3n) is 4.16. The van der Waals surface area contributed by atoms with Gasteiger partial charge >= 0.3 is 0 Å². The van der Waals surface area contributed by atoms with Gasteiger partial charge in [-0.3, -0.25) is 4.79 Å². The first-order chi connectivity index (χ1) is 12.6. The van der Waals surface area contributed by atoms with Gasteiger partial charge in [-0.1, -0.05) is 23.7 Å². The summed E-state index contributed by atoms with van der Waals surface area (Å²) in [6.45, 7) is 0. The van der Waals surface area contributed by atoms with Crippen LogP contribution < -0.4 is 5.32 Å². The van der Waals surface area contributed by atoms with Gasteiger partial charge in [0.15, 0.2) is 0 Å². The van der Waals surface area contributed by atoms with E-state index in [1.165, 1.54) is 12.1 Å². The number of aromatic nitrogens is 2. The standard InChI is InChI=1S/C19H15ClFN3OS/c20-13-3-1-12(2-4-13)9-18(25)22-19-16-10-26-11-17(16)23-24(19)15-7-5-14(21)6-8-15/h1-8H,9-11H2,(H,22,25). The summed E-state index contributed by atoms with van der Waals surface area (Å²) >= 11 is 7.65.